The van der Waals surface area contributed by atoms with Crippen molar-refractivity contribution in [3.05, 3.63) is 34.1 Å². The van der Waals surface area contributed by atoms with Gasteiger partial charge in [-0.3, -0.25) is 0 Å². The summed E-state index contributed by atoms with van der Waals surface area (Å²) in [5.74, 6) is -0.179. The number of ether oxygens (including phenoxy) is 1. The van der Waals surface area contributed by atoms with E-state index < -0.39 is 0 Å². The Morgan fingerprint density at radius 1 is 1.47 bits per heavy atom. The van der Waals surface area contributed by atoms with Crippen molar-refractivity contribution in [1.29, 1.82) is 0 Å². The van der Waals surface area contributed by atoms with Gasteiger partial charge in [-0.25, -0.2) is 4.39 Å². The van der Waals surface area contributed by atoms with Crippen molar-refractivity contribution in [2.75, 3.05) is 13.7 Å². The Balaban J connectivity index is 1.95. The van der Waals surface area contributed by atoms with Crippen LogP contribution < -0.4 is 5.32 Å². The zero-order valence-electron chi connectivity index (χ0n) is 11.3. The van der Waals surface area contributed by atoms with Crippen molar-refractivity contribution >= 4 is 15.9 Å². The van der Waals surface area contributed by atoms with E-state index in [0.717, 1.165) is 35.9 Å². The Bertz CT molecular complexity index is 407. The monoisotopic (exact) mass is 329 g/mol. The predicted molar refractivity (Wildman–Crippen MR) is 78.9 cm³/mol. The molecule has 1 fully saturated rings. The summed E-state index contributed by atoms with van der Waals surface area (Å²) in [5.41, 5.74) is 1.01. The minimum absolute atomic E-state index is 0.179. The average molecular weight is 330 g/mol. The number of likely N-dealkylation sites (N-methyl/N-ethyl adjacent to an activating group) is 1. The second kappa shape index (κ2) is 7.36. The second-order valence-corrected chi connectivity index (χ2v) is 6.00. The summed E-state index contributed by atoms with van der Waals surface area (Å²) >= 11 is 3.49. The van der Waals surface area contributed by atoms with E-state index in [1.165, 1.54) is 18.9 Å². The van der Waals surface area contributed by atoms with Crippen LogP contribution in [0.1, 0.15) is 31.2 Å². The molecule has 2 unspecified atom stereocenters. The van der Waals surface area contributed by atoms with Crippen molar-refractivity contribution in [2.45, 2.75) is 44.2 Å². The lowest BCUT2D eigenvalue weighted by Crippen LogP contribution is -2.34. The molecule has 2 nitrogen and oxygen atoms in total. The van der Waals surface area contributed by atoms with Crippen LogP contribution in [0.2, 0.25) is 0 Å². The van der Waals surface area contributed by atoms with Crippen molar-refractivity contribution in [1.82, 2.24) is 5.32 Å². The Labute approximate surface area is 122 Å². The standard InChI is InChI=1S/C15H21BrFNO/c1-18-13(10-14-4-2-3-7-19-14)9-11-8-12(17)5-6-15(11)16/h5-6,8,13-14,18H,2-4,7,9-10H2,1H3. The zero-order chi connectivity index (χ0) is 13.7. The highest BCUT2D eigenvalue weighted by atomic mass is 79.9. The van der Waals surface area contributed by atoms with Crippen LogP contribution in [0.3, 0.4) is 0 Å². The van der Waals surface area contributed by atoms with Gasteiger partial charge >= 0.3 is 0 Å². The normalized spacial score (nSPS) is 21.3. The van der Waals surface area contributed by atoms with Crippen LogP contribution >= 0.6 is 15.9 Å². The molecule has 0 aliphatic carbocycles. The van der Waals surface area contributed by atoms with Gasteiger partial charge in [0.15, 0.2) is 0 Å². The van der Waals surface area contributed by atoms with Gasteiger partial charge in [0.05, 0.1) is 6.10 Å². The first kappa shape index (κ1) is 14.9. The zero-order valence-corrected chi connectivity index (χ0v) is 12.9. The van der Waals surface area contributed by atoms with Crippen LogP contribution in [-0.4, -0.2) is 25.8 Å². The number of benzene rings is 1. The summed E-state index contributed by atoms with van der Waals surface area (Å²) < 4.78 is 20.0. The van der Waals surface area contributed by atoms with Crippen molar-refractivity contribution in [2.24, 2.45) is 0 Å². The SMILES string of the molecule is CNC(Cc1cc(F)ccc1Br)CC1CCCCO1. The van der Waals surface area contributed by atoms with Gasteiger partial charge in [0.25, 0.3) is 0 Å². The molecule has 1 heterocycles. The van der Waals surface area contributed by atoms with E-state index >= 15 is 0 Å². The van der Waals surface area contributed by atoms with Gasteiger partial charge in [-0.15, -0.1) is 0 Å². The lowest BCUT2D eigenvalue weighted by Gasteiger charge is -2.27. The molecule has 0 aromatic heterocycles. The summed E-state index contributed by atoms with van der Waals surface area (Å²) in [7, 11) is 1.96. The summed E-state index contributed by atoms with van der Waals surface area (Å²) in [6, 6.07) is 5.18. The molecule has 0 bridgehead atoms. The molecule has 2 rings (SSSR count). The highest BCUT2D eigenvalue weighted by molar-refractivity contribution is 9.10. The van der Waals surface area contributed by atoms with Crippen LogP contribution in [0, 0.1) is 5.82 Å². The smallest absolute Gasteiger partial charge is 0.123 e. The molecule has 0 saturated carbocycles. The molecule has 0 amide bonds. The first-order chi connectivity index (χ1) is 9.19. The van der Waals surface area contributed by atoms with Gasteiger partial charge in [-0.2, -0.15) is 0 Å². The molecular weight excluding hydrogens is 309 g/mol. The molecule has 1 N–H and O–H groups in total. The van der Waals surface area contributed by atoms with E-state index in [2.05, 4.69) is 21.2 Å². The molecule has 1 aromatic carbocycles. The Morgan fingerprint density at radius 3 is 3.00 bits per heavy atom. The fraction of sp³-hybridized carbons (Fsp3) is 0.600. The van der Waals surface area contributed by atoms with Gasteiger partial charge in [0.2, 0.25) is 0 Å². The topological polar surface area (TPSA) is 21.3 Å². The molecule has 1 aliphatic heterocycles. The molecule has 0 radical (unpaired) electrons. The van der Waals surface area contributed by atoms with Gasteiger partial charge < -0.3 is 10.1 Å². The van der Waals surface area contributed by atoms with Crippen molar-refractivity contribution < 1.29 is 9.13 Å². The molecule has 106 valence electrons. The molecule has 19 heavy (non-hydrogen) atoms. The van der Waals surface area contributed by atoms with E-state index in [1.807, 2.05) is 7.05 Å². The van der Waals surface area contributed by atoms with Crippen LogP contribution in [0.5, 0.6) is 0 Å². The summed E-state index contributed by atoms with van der Waals surface area (Å²) in [5, 5.41) is 3.32. The van der Waals surface area contributed by atoms with Crippen LogP contribution in [-0.2, 0) is 11.2 Å². The lowest BCUT2D eigenvalue weighted by molar-refractivity contribution is 0.00568. The third-order valence-electron chi connectivity index (χ3n) is 3.70. The maximum Gasteiger partial charge on any atom is 0.123 e. The highest BCUT2D eigenvalue weighted by Gasteiger charge is 2.19. The van der Waals surface area contributed by atoms with Gasteiger partial charge in [0.1, 0.15) is 5.82 Å². The Hall–Kier alpha value is -0.450. The number of nitrogens with one attached hydrogen (secondary N) is 1. The molecule has 1 aliphatic rings. The second-order valence-electron chi connectivity index (χ2n) is 5.15. The first-order valence-electron chi connectivity index (χ1n) is 6.92. The number of hydrogen-bond acceptors (Lipinski definition) is 2. The number of hydrogen-bond donors (Lipinski definition) is 1. The quantitative estimate of drug-likeness (QED) is 0.889. The van der Waals surface area contributed by atoms with Gasteiger partial charge in [-0.1, -0.05) is 15.9 Å². The van der Waals surface area contributed by atoms with Crippen molar-refractivity contribution in [3.63, 3.8) is 0 Å². The summed E-state index contributed by atoms with van der Waals surface area (Å²) in [4.78, 5) is 0. The van der Waals surface area contributed by atoms with E-state index in [9.17, 15) is 4.39 Å². The van der Waals surface area contributed by atoms with Crippen LogP contribution in [0.4, 0.5) is 4.39 Å². The lowest BCUT2D eigenvalue weighted by atomic mass is 9.97. The molecule has 4 heteroatoms. The third kappa shape index (κ3) is 4.55. The third-order valence-corrected chi connectivity index (χ3v) is 4.48. The Kier molecular flexibility index (Phi) is 5.79. The van der Waals surface area contributed by atoms with E-state index in [0.29, 0.717) is 12.1 Å². The maximum absolute atomic E-state index is 13.3. The minimum Gasteiger partial charge on any atom is -0.378 e. The number of rotatable bonds is 5. The van der Waals surface area contributed by atoms with Gasteiger partial charge in [-0.05, 0) is 62.9 Å². The summed E-state index contributed by atoms with van der Waals surface area (Å²) in [6.07, 6.45) is 5.72. The van der Waals surface area contributed by atoms with E-state index in [4.69, 9.17) is 4.74 Å². The highest BCUT2D eigenvalue weighted by Crippen LogP contribution is 2.22. The van der Waals surface area contributed by atoms with E-state index in [-0.39, 0.29) is 5.82 Å². The predicted octanol–water partition coefficient (Wildman–Crippen LogP) is 3.68. The molecular formula is C15H21BrFNO. The number of halogens is 2. The molecule has 2 atom stereocenters. The Morgan fingerprint density at radius 2 is 2.32 bits per heavy atom. The van der Waals surface area contributed by atoms with Crippen LogP contribution in [0.15, 0.2) is 22.7 Å². The van der Waals surface area contributed by atoms with Crippen molar-refractivity contribution in [3.8, 4) is 0 Å². The molecule has 1 saturated heterocycles. The maximum atomic E-state index is 13.3. The van der Waals surface area contributed by atoms with Gasteiger partial charge in [0, 0.05) is 17.1 Å². The average Bonchev–Trinajstić information content (AvgIpc) is 2.43. The molecule has 0 spiro atoms. The fourth-order valence-corrected chi connectivity index (χ4v) is 2.99. The van der Waals surface area contributed by atoms with Crippen LogP contribution in [0.25, 0.3) is 0 Å². The first-order valence-corrected chi connectivity index (χ1v) is 7.71. The minimum atomic E-state index is -0.179. The van der Waals surface area contributed by atoms with E-state index in [1.54, 1.807) is 12.1 Å². The summed E-state index contributed by atoms with van der Waals surface area (Å²) in [6.45, 7) is 0.880. The molecule has 1 aromatic rings. The fourth-order valence-electron chi connectivity index (χ4n) is 2.58. The largest absolute Gasteiger partial charge is 0.378 e.